The van der Waals surface area contributed by atoms with Crippen molar-refractivity contribution in [3.63, 3.8) is 0 Å². The van der Waals surface area contributed by atoms with Crippen LogP contribution in [0.5, 0.6) is 5.75 Å². The Bertz CT molecular complexity index is 1110. The number of aromatic nitrogens is 1. The number of thiocarbonyl (C=S) groups is 1. The second-order valence-corrected chi connectivity index (χ2v) is 7.60. The van der Waals surface area contributed by atoms with Gasteiger partial charge in [0.2, 0.25) is 5.91 Å². The molecular weight excluding hydrogens is 424 g/mol. The van der Waals surface area contributed by atoms with E-state index in [4.69, 9.17) is 17.0 Å². The molecule has 2 heterocycles. The number of carbonyl (C=O) groups is 2. The Balaban J connectivity index is 1.56. The van der Waals surface area contributed by atoms with E-state index < -0.39 is 6.04 Å². The van der Waals surface area contributed by atoms with Crippen molar-refractivity contribution in [1.82, 2.24) is 9.88 Å². The Hall–Kier alpha value is -3.78. The average molecular weight is 447 g/mol. The van der Waals surface area contributed by atoms with E-state index in [-0.39, 0.29) is 18.2 Å². The van der Waals surface area contributed by atoms with Crippen LogP contribution in [0.15, 0.2) is 79.0 Å². The predicted molar refractivity (Wildman–Crippen MR) is 126 cm³/mol. The zero-order chi connectivity index (χ0) is 22.5. The highest BCUT2D eigenvalue weighted by molar-refractivity contribution is 7.80. The molecule has 1 fully saturated rings. The van der Waals surface area contributed by atoms with Crippen LogP contribution in [-0.2, 0) is 16.1 Å². The van der Waals surface area contributed by atoms with Gasteiger partial charge >= 0.3 is 0 Å². The number of pyridine rings is 1. The van der Waals surface area contributed by atoms with E-state index in [9.17, 15) is 9.59 Å². The van der Waals surface area contributed by atoms with E-state index in [0.29, 0.717) is 28.8 Å². The highest BCUT2D eigenvalue weighted by Crippen LogP contribution is 2.28. The number of rotatable bonds is 7. The van der Waals surface area contributed by atoms with Gasteiger partial charge in [0.25, 0.3) is 5.91 Å². The summed E-state index contributed by atoms with van der Waals surface area (Å²) in [6.45, 7) is 0.329. The zero-order valence-electron chi connectivity index (χ0n) is 17.5. The molecule has 1 aliphatic heterocycles. The fourth-order valence-electron chi connectivity index (χ4n) is 3.56. The van der Waals surface area contributed by atoms with Crippen LogP contribution in [0.4, 0.5) is 11.4 Å². The smallest absolute Gasteiger partial charge is 0.256 e. The number of anilines is 2. The van der Waals surface area contributed by atoms with Gasteiger partial charge < -0.3 is 15.0 Å². The molecule has 2 aromatic carbocycles. The first-order valence-electron chi connectivity index (χ1n) is 10.1. The maximum atomic E-state index is 13.4. The minimum Gasteiger partial charge on any atom is -0.497 e. The predicted octanol–water partition coefficient (Wildman–Crippen LogP) is 3.62. The maximum absolute atomic E-state index is 13.4. The van der Waals surface area contributed by atoms with Crippen molar-refractivity contribution in [2.75, 3.05) is 17.3 Å². The molecule has 2 amide bonds. The van der Waals surface area contributed by atoms with Gasteiger partial charge in [0, 0.05) is 11.9 Å². The van der Waals surface area contributed by atoms with E-state index >= 15 is 0 Å². The molecule has 32 heavy (non-hydrogen) atoms. The van der Waals surface area contributed by atoms with Gasteiger partial charge in [0.1, 0.15) is 11.8 Å². The molecule has 0 unspecified atom stereocenters. The Labute approximate surface area is 191 Å². The van der Waals surface area contributed by atoms with Gasteiger partial charge in [0.15, 0.2) is 5.11 Å². The van der Waals surface area contributed by atoms with Gasteiger partial charge in [-0.2, -0.15) is 0 Å². The number of methoxy groups -OCH3 is 1. The molecule has 0 aliphatic carbocycles. The molecule has 7 nitrogen and oxygen atoms in total. The van der Waals surface area contributed by atoms with Crippen LogP contribution in [-0.4, -0.2) is 40.0 Å². The van der Waals surface area contributed by atoms with Crippen LogP contribution >= 0.6 is 12.2 Å². The summed E-state index contributed by atoms with van der Waals surface area (Å²) in [5.74, 6) is 0.179. The third-order valence-corrected chi connectivity index (χ3v) is 5.56. The Morgan fingerprint density at radius 1 is 1.06 bits per heavy atom. The first kappa shape index (κ1) is 21.5. The fourth-order valence-corrected chi connectivity index (χ4v) is 3.94. The second kappa shape index (κ2) is 9.57. The largest absolute Gasteiger partial charge is 0.497 e. The van der Waals surface area contributed by atoms with Gasteiger partial charge in [-0.1, -0.05) is 24.3 Å². The van der Waals surface area contributed by atoms with Crippen LogP contribution in [0.3, 0.4) is 0 Å². The number of hydrogen-bond donors (Lipinski definition) is 1. The molecule has 4 rings (SSSR count). The lowest BCUT2D eigenvalue weighted by Crippen LogP contribution is -2.37. The van der Waals surface area contributed by atoms with E-state index in [2.05, 4.69) is 10.3 Å². The molecule has 0 radical (unpaired) electrons. The summed E-state index contributed by atoms with van der Waals surface area (Å²) < 4.78 is 5.14. The highest BCUT2D eigenvalue weighted by atomic mass is 32.1. The normalized spacial score (nSPS) is 15.7. The molecule has 0 bridgehead atoms. The SMILES string of the molecule is COc1ccc(NC(=O)C[C@H]2C(=O)N(c3ccccc3)C(=S)N2Cc2ccccn2)cc1. The van der Waals surface area contributed by atoms with Crippen LogP contribution < -0.4 is 15.0 Å². The van der Waals surface area contributed by atoms with E-state index in [1.165, 1.54) is 4.90 Å². The topological polar surface area (TPSA) is 74.8 Å². The first-order valence-corrected chi connectivity index (χ1v) is 10.5. The minimum absolute atomic E-state index is 0.0405. The lowest BCUT2D eigenvalue weighted by Gasteiger charge is -2.23. The average Bonchev–Trinajstić information content (AvgIpc) is 3.04. The zero-order valence-corrected chi connectivity index (χ0v) is 18.3. The molecule has 162 valence electrons. The number of nitrogens with one attached hydrogen (secondary N) is 1. The monoisotopic (exact) mass is 446 g/mol. The van der Waals surface area contributed by atoms with Crippen molar-refractivity contribution in [3.8, 4) is 5.75 Å². The molecule has 8 heteroatoms. The maximum Gasteiger partial charge on any atom is 0.256 e. The molecule has 1 aromatic heterocycles. The Morgan fingerprint density at radius 2 is 1.78 bits per heavy atom. The number of carbonyl (C=O) groups excluding carboxylic acids is 2. The number of benzene rings is 2. The van der Waals surface area contributed by atoms with Crippen molar-refractivity contribution in [1.29, 1.82) is 0 Å². The summed E-state index contributed by atoms with van der Waals surface area (Å²) in [5.41, 5.74) is 2.06. The van der Waals surface area contributed by atoms with Crippen molar-refractivity contribution >= 4 is 40.5 Å². The van der Waals surface area contributed by atoms with Gasteiger partial charge in [-0.25, -0.2) is 0 Å². The molecular formula is C24H22N4O3S. The molecule has 0 spiro atoms. The summed E-state index contributed by atoms with van der Waals surface area (Å²) in [5, 5.41) is 3.20. The number of ether oxygens (including phenoxy) is 1. The summed E-state index contributed by atoms with van der Waals surface area (Å²) in [6.07, 6.45) is 1.65. The third-order valence-electron chi connectivity index (χ3n) is 5.14. The number of nitrogens with zero attached hydrogens (tertiary/aromatic N) is 3. The number of para-hydroxylation sites is 1. The summed E-state index contributed by atoms with van der Waals surface area (Å²) in [4.78, 5) is 33.8. The minimum atomic E-state index is -0.733. The van der Waals surface area contributed by atoms with Crippen LogP contribution in [0.2, 0.25) is 0 Å². The van der Waals surface area contributed by atoms with Gasteiger partial charge in [-0.15, -0.1) is 0 Å². The van der Waals surface area contributed by atoms with Crippen molar-refractivity contribution in [2.24, 2.45) is 0 Å². The van der Waals surface area contributed by atoms with Crippen molar-refractivity contribution < 1.29 is 14.3 Å². The van der Waals surface area contributed by atoms with Gasteiger partial charge in [-0.3, -0.25) is 19.5 Å². The number of amides is 2. The van der Waals surface area contributed by atoms with Crippen molar-refractivity contribution in [2.45, 2.75) is 19.0 Å². The third kappa shape index (κ3) is 4.60. The van der Waals surface area contributed by atoms with Crippen molar-refractivity contribution in [3.05, 3.63) is 84.7 Å². The number of hydrogen-bond acceptors (Lipinski definition) is 5. The lowest BCUT2D eigenvalue weighted by atomic mass is 10.1. The first-order chi connectivity index (χ1) is 15.6. The quantitative estimate of drug-likeness (QED) is 0.559. The highest BCUT2D eigenvalue weighted by Gasteiger charge is 2.44. The molecule has 1 atom stereocenters. The van der Waals surface area contributed by atoms with Crippen LogP contribution in [0, 0.1) is 0 Å². The Morgan fingerprint density at radius 3 is 2.44 bits per heavy atom. The molecule has 1 N–H and O–H groups in total. The molecule has 1 aliphatic rings. The fraction of sp³-hybridized carbons (Fsp3) is 0.167. The van der Waals surface area contributed by atoms with Gasteiger partial charge in [-0.05, 0) is 60.7 Å². The second-order valence-electron chi connectivity index (χ2n) is 7.24. The van der Waals surface area contributed by atoms with E-state index in [1.807, 2.05) is 48.5 Å². The van der Waals surface area contributed by atoms with E-state index in [0.717, 1.165) is 5.69 Å². The summed E-state index contributed by atoms with van der Waals surface area (Å²) in [6, 6.07) is 21.1. The van der Waals surface area contributed by atoms with Crippen LogP contribution in [0.25, 0.3) is 0 Å². The summed E-state index contributed by atoms with van der Waals surface area (Å²) in [7, 11) is 1.58. The molecule has 0 saturated carbocycles. The molecule has 1 saturated heterocycles. The summed E-state index contributed by atoms with van der Waals surface area (Å²) >= 11 is 5.67. The Kier molecular flexibility index (Phi) is 6.42. The van der Waals surface area contributed by atoms with E-state index in [1.54, 1.807) is 42.5 Å². The lowest BCUT2D eigenvalue weighted by molar-refractivity contribution is -0.124. The van der Waals surface area contributed by atoms with Crippen LogP contribution in [0.1, 0.15) is 12.1 Å². The standard InChI is InChI=1S/C24H22N4O3S/c1-31-20-12-10-17(11-13-20)26-22(29)15-21-23(30)28(19-8-3-2-4-9-19)24(32)27(21)16-18-7-5-6-14-25-18/h2-14,21H,15-16H2,1H3,(H,26,29)/t21-/m0/s1. The van der Waals surface area contributed by atoms with Gasteiger partial charge in [0.05, 0.1) is 31.5 Å². The molecule has 3 aromatic rings.